The zero-order chi connectivity index (χ0) is 21.2. The largest absolute Gasteiger partial charge is 0.492 e. The molecule has 0 atom stereocenters. The van der Waals surface area contributed by atoms with Gasteiger partial charge in [0.2, 0.25) is 5.91 Å². The van der Waals surface area contributed by atoms with E-state index in [0.717, 1.165) is 49.5 Å². The van der Waals surface area contributed by atoms with Gasteiger partial charge in [0.25, 0.3) is 0 Å². The van der Waals surface area contributed by atoms with Gasteiger partial charge in [-0.2, -0.15) is 0 Å². The molecule has 0 unspecified atom stereocenters. The van der Waals surface area contributed by atoms with E-state index in [4.69, 9.17) is 21.1 Å². The molecule has 1 aliphatic rings. The molecule has 0 aromatic heterocycles. The lowest BCUT2D eigenvalue weighted by Crippen LogP contribution is -2.38. The third-order valence-electron chi connectivity index (χ3n) is 5.17. The Morgan fingerprint density at radius 1 is 1.23 bits per heavy atom. The van der Waals surface area contributed by atoms with E-state index in [-0.39, 0.29) is 5.91 Å². The van der Waals surface area contributed by atoms with Gasteiger partial charge in [0.1, 0.15) is 12.4 Å². The lowest BCUT2D eigenvalue weighted by Gasteiger charge is -2.31. The van der Waals surface area contributed by atoms with Crippen LogP contribution in [-0.2, 0) is 16.1 Å². The van der Waals surface area contributed by atoms with Gasteiger partial charge in [0.05, 0.1) is 0 Å². The molecule has 0 saturated carbocycles. The summed E-state index contributed by atoms with van der Waals surface area (Å²) in [5.41, 5.74) is 1.88. The van der Waals surface area contributed by atoms with Crippen LogP contribution in [0.4, 0.5) is 0 Å². The van der Waals surface area contributed by atoms with Gasteiger partial charge in [0.15, 0.2) is 0 Å². The fourth-order valence-corrected chi connectivity index (χ4v) is 3.59. The number of nitrogens with one attached hydrogen (secondary N) is 1. The van der Waals surface area contributed by atoms with E-state index in [9.17, 15) is 4.79 Å². The summed E-state index contributed by atoms with van der Waals surface area (Å²) in [5.74, 6) is 0.663. The van der Waals surface area contributed by atoms with Crippen LogP contribution >= 0.6 is 11.6 Å². The maximum absolute atomic E-state index is 12.1. The number of nitrogens with zero attached hydrogens (tertiary/aromatic N) is 1. The molecule has 1 fully saturated rings. The van der Waals surface area contributed by atoms with Gasteiger partial charge in [-0.25, -0.2) is 0 Å². The van der Waals surface area contributed by atoms with Crippen molar-refractivity contribution in [3.05, 3.63) is 70.8 Å². The van der Waals surface area contributed by atoms with E-state index in [1.54, 1.807) is 12.1 Å². The molecule has 30 heavy (non-hydrogen) atoms. The summed E-state index contributed by atoms with van der Waals surface area (Å²) >= 11 is 5.96. The highest BCUT2D eigenvalue weighted by atomic mass is 35.5. The van der Waals surface area contributed by atoms with Gasteiger partial charge in [-0.3, -0.25) is 9.69 Å². The Hall–Kier alpha value is -2.34. The molecule has 1 N–H and O–H groups in total. The lowest BCUT2D eigenvalue weighted by atomic mass is 10.1. The Kier molecular flexibility index (Phi) is 8.75. The van der Waals surface area contributed by atoms with E-state index in [1.165, 1.54) is 6.08 Å². The maximum Gasteiger partial charge on any atom is 0.244 e. The number of ether oxygens (including phenoxy) is 2. The number of halogens is 1. The number of amides is 1. The van der Waals surface area contributed by atoms with E-state index < -0.39 is 0 Å². The van der Waals surface area contributed by atoms with Crippen LogP contribution in [0.1, 0.15) is 24.0 Å². The minimum Gasteiger partial charge on any atom is -0.492 e. The minimum absolute atomic E-state index is 0.153. The molecule has 0 spiro atoms. The van der Waals surface area contributed by atoms with Crippen molar-refractivity contribution in [2.24, 2.45) is 0 Å². The summed E-state index contributed by atoms with van der Waals surface area (Å²) in [6.45, 7) is 3.64. The second kappa shape index (κ2) is 11.7. The van der Waals surface area contributed by atoms with Crippen molar-refractivity contribution < 1.29 is 14.3 Å². The summed E-state index contributed by atoms with van der Waals surface area (Å²) in [6.07, 6.45) is 5.42. The number of benzene rings is 2. The van der Waals surface area contributed by atoms with Crippen molar-refractivity contribution >= 4 is 23.6 Å². The van der Waals surface area contributed by atoms with Crippen molar-refractivity contribution in [2.75, 3.05) is 33.4 Å². The van der Waals surface area contributed by atoms with Crippen LogP contribution in [0.25, 0.3) is 6.08 Å². The highest BCUT2D eigenvalue weighted by molar-refractivity contribution is 6.30. The van der Waals surface area contributed by atoms with Gasteiger partial charge in [-0.1, -0.05) is 35.9 Å². The van der Waals surface area contributed by atoms with Crippen LogP contribution in [0.3, 0.4) is 0 Å². The van der Waals surface area contributed by atoms with Crippen LogP contribution in [-0.4, -0.2) is 50.3 Å². The number of hydrogen-bond acceptors (Lipinski definition) is 4. The number of carbonyl (C=O) groups is 1. The van der Waals surface area contributed by atoms with E-state index >= 15 is 0 Å². The van der Waals surface area contributed by atoms with E-state index in [1.807, 2.05) is 42.5 Å². The van der Waals surface area contributed by atoms with Crippen LogP contribution < -0.4 is 10.1 Å². The topological polar surface area (TPSA) is 50.8 Å². The molecule has 2 aromatic carbocycles. The first-order valence-electron chi connectivity index (χ1n) is 10.3. The van der Waals surface area contributed by atoms with Crippen molar-refractivity contribution in [2.45, 2.75) is 25.4 Å². The number of hydrogen-bond donors (Lipinski definition) is 1. The van der Waals surface area contributed by atoms with Crippen molar-refractivity contribution in [1.29, 1.82) is 0 Å². The molecule has 0 radical (unpaired) electrons. The maximum atomic E-state index is 12.1. The number of likely N-dealkylation sites (N-methyl/N-ethyl adjacent to an activating group) is 1. The molecule has 6 heteroatoms. The monoisotopic (exact) mass is 428 g/mol. The van der Waals surface area contributed by atoms with Crippen LogP contribution in [0, 0.1) is 0 Å². The number of rotatable bonds is 9. The molecule has 160 valence electrons. The summed E-state index contributed by atoms with van der Waals surface area (Å²) in [4.78, 5) is 14.4. The number of carbonyl (C=O) groups excluding carboxylic acids is 1. The standard InChI is InChI=1S/C24H29ClN2O3/c1-27(22-10-13-29-14-11-22)12-15-30-23-7-3-5-20(17-23)18-26-24(28)9-8-19-4-2-6-21(25)16-19/h2-9,16-17,22H,10-15,18H2,1H3,(H,26,28)/b9-8+. The molecule has 1 saturated heterocycles. The molecular formula is C24H29ClN2O3. The SMILES string of the molecule is CN(CCOc1cccc(CNC(=O)/C=C/c2cccc(Cl)c2)c1)C1CCOCC1. The fraction of sp³-hybridized carbons (Fsp3) is 0.375. The fourth-order valence-electron chi connectivity index (χ4n) is 3.39. The highest BCUT2D eigenvalue weighted by Gasteiger charge is 2.17. The third kappa shape index (κ3) is 7.48. The molecule has 1 heterocycles. The molecule has 0 aliphatic carbocycles. The Morgan fingerprint density at radius 3 is 2.83 bits per heavy atom. The summed E-state index contributed by atoms with van der Waals surface area (Å²) in [6, 6.07) is 15.8. The Balaban J connectivity index is 1.41. The smallest absolute Gasteiger partial charge is 0.244 e. The van der Waals surface area contributed by atoms with Crippen LogP contribution in [0.5, 0.6) is 5.75 Å². The summed E-state index contributed by atoms with van der Waals surface area (Å²) < 4.78 is 11.3. The molecular weight excluding hydrogens is 400 g/mol. The van der Waals surface area contributed by atoms with Crippen LogP contribution in [0.2, 0.25) is 5.02 Å². The zero-order valence-electron chi connectivity index (χ0n) is 17.4. The second-order valence-electron chi connectivity index (χ2n) is 7.43. The molecule has 1 aliphatic heterocycles. The molecule has 3 rings (SSSR count). The Bertz CT molecular complexity index is 850. The van der Waals surface area contributed by atoms with Gasteiger partial charge in [-0.15, -0.1) is 0 Å². The minimum atomic E-state index is -0.153. The normalized spacial score (nSPS) is 14.9. The van der Waals surface area contributed by atoms with Gasteiger partial charge >= 0.3 is 0 Å². The first-order valence-corrected chi connectivity index (χ1v) is 10.7. The van der Waals surface area contributed by atoms with E-state index in [2.05, 4.69) is 17.3 Å². The van der Waals surface area contributed by atoms with Gasteiger partial charge in [-0.05, 0) is 61.4 Å². The Morgan fingerprint density at radius 2 is 2.03 bits per heavy atom. The average molecular weight is 429 g/mol. The quantitative estimate of drug-likeness (QED) is 0.609. The molecule has 2 aromatic rings. The average Bonchev–Trinajstić information content (AvgIpc) is 2.77. The lowest BCUT2D eigenvalue weighted by molar-refractivity contribution is -0.116. The van der Waals surface area contributed by atoms with Gasteiger partial charge in [0, 0.05) is 43.4 Å². The molecule has 5 nitrogen and oxygen atoms in total. The first kappa shape index (κ1) is 22.3. The highest BCUT2D eigenvalue weighted by Crippen LogP contribution is 2.15. The predicted octanol–water partition coefficient (Wildman–Crippen LogP) is 4.16. The Labute approximate surface area is 183 Å². The summed E-state index contributed by atoms with van der Waals surface area (Å²) in [5, 5.41) is 3.54. The second-order valence-corrected chi connectivity index (χ2v) is 7.86. The van der Waals surface area contributed by atoms with Crippen LogP contribution in [0.15, 0.2) is 54.6 Å². The van der Waals surface area contributed by atoms with Crippen molar-refractivity contribution in [3.8, 4) is 5.75 Å². The van der Waals surface area contributed by atoms with Gasteiger partial charge < -0.3 is 14.8 Å². The molecule has 1 amide bonds. The summed E-state index contributed by atoms with van der Waals surface area (Å²) in [7, 11) is 2.14. The zero-order valence-corrected chi connectivity index (χ0v) is 18.1. The third-order valence-corrected chi connectivity index (χ3v) is 5.40. The van der Waals surface area contributed by atoms with Crippen molar-refractivity contribution in [1.82, 2.24) is 10.2 Å². The first-order chi connectivity index (χ1) is 14.6. The van der Waals surface area contributed by atoms with Crippen molar-refractivity contribution in [3.63, 3.8) is 0 Å². The predicted molar refractivity (Wildman–Crippen MR) is 121 cm³/mol. The van der Waals surface area contributed by atoms with E-state index in [0.29, 0.717) is 24.2 Å². The molecule has 0 bridgehead atoms.